The molecule has 1 saturated heterocycles. The van der Waals surface area contributed by atoms with Crippen LogP contribution in [0.15, 0.2) is 48.5 Å². The van der Waals surface area contributed by atoms with Crippen molar-refractivity contribution in [2.24, 2.45) is 0 Å². The summed E-state index contributed by atoms with van der Waals surface area (Å²) in [6, 6.07) is 12.4. The summed E-state index contributed by atoms with van der Waals surface area (Å²) in [5.41, 5.74) is 1.30. The van der Waals surface area contributed by atoms with E-state index in [9.17, 15) is 8.78 Å². The van der Waals surface area contributed by atoms with Crippen molar-refractivity contribution in [1.82, 2.24) is 10.6 Å². The second kappa shape index (κ2) is 5.07. The van der Waals surface area contributed by atoms with Gasteiger partial charge in [0.2, 0.25) is 0 Å². The molecule has 3 rings (SSSR count). The van der Waals surface area contributed by atoms with Gasteiger partial charge in [0.05, 0.1) is 11.6 Å². The van der Waals surface area contributed by atoms with E-state index in [4.69, 9.17) is 12.2 Å². The molecular formula is C16H14F2N2S. The molecule has 0 aliphatic carbocycles. The van der Waals surface area contributed by atoms with Gasteiger partial charge in [-0.1, -0.05) is 24.3 Å². The summed E-state index contributed by atoms with van der Waals surface area (Å²) in [5.74, 6) is -0.565. The Kier molecular flexibility index (Phi) is 3.37. The van der Waals surface area contributed by atoms with Crippen molar-refractivity contribution in [3.05, 3.63) is 71.3 Å². The molecule has 108 valence electrons. The predicted octanol–water partition coefficient (Wildman–Crippen LogP) is 3.40. The lowest BCUT2D eigenvalue weighted by atomic mass is 9.82. The quantitative estimate of drug-likeness (QED) is 0.832. The molecule has 1 fully saturated rings. The van der Waals surface area contributed by atoms with Crippen LogP contribution in [0.4, 0.5) is 8.78 Å². The van der Waals surface area contributed by atoms with E-state index in [1.165, 1.54) is 24.3 Å². The van der Waals surface area contributed by atoms with Crippen LogP contribution in [0.2, 0.25) is 0 Å². The van der Waals surface area contributed by atoms with Gasteiger partial charge in [0.1, 0.15) is 11.6 Å². The lowest BCUT2D eigenvalue weighted by Crippen LogP contribution is -2.39. The summed E-state index contributed by atoms with van der Waals surface area (Å²) in [5, 5.41) is 6.95. The molecule has 0 unspecified atom stereocenters. The van der Waals surface area contributed by atoms with Crippen LogP contribution in [0.5, 0.6) is 0 Å². The Balaban J connectivity index is 2.04. The lowest BCUT2D eigenvalue weighted by molar-refractivity contribution is 0.378. The molecule has 0 radical (unpaired) electrons. The van der Waals surface area contributed by atoms with Gasteiger partial charge in [-0.05, 0) is 54.5 Å². The Labute approximate surface area is 127 Å². The van der Waals surface area contributed by atoms with Crippen molar-refractivity contribution in [3.63, 3.8) is 0 Å². The van der Waals surface area contributed by atoms with Gasteiger partial charge in [0.25, 0.3) is 0 Å². The first-order valence-corrected chi connectivity index (χ1v) is 7.00. The van der Waals surface area contributed by atoms with E-state index in [1.54, 1.807) is 24.3 Å². The summed E-state index contributed by atoms with van der Waals surface area (Å²) in [6.45, 7) is 1.99. The van der Waals surface area contributed by atoms with Crippen molar-refractivity contribution >= 4 is 17.3 Å². The van der Waals surface area contributed by atoms with Gasteiger partial charge >= 0.3 is 0 Å². The van der Waals surface area contributed by atoms with Crippen molar-refractivity contribution in [2.75, 3.05) is 0 Å². The average Bonchev–Trinajstić information content (AvgIpc) is 2.76. The monoisotopic (exact) mass is 304 g/mol. The van der Waals surface area contributed by atoms with Crippen LogP contribution in [0, 0.1) is 11.6 Å². The standard InChI is InChI=1S/C16H14F2N2S/c1-16(11-4-8-13(18)9-5-11)14(19-15(21)20-16)10-2-6-12(17)7-3-10/h2-9,14H,1H3,(H2,19,20,21)/t14-,16+/m1/s1. The van der Waals surface area contributed by atoms with Crippen LogP contribution in [0.3, 0.4) is 0 Å². The number of hydrogen-bond acceptors (Lipinski definition) is 1. The molecule has 1 aliphatic rings. The minimum absolute atomic E-state index is 0.156. The van der Waals surface area contributed by atoms with Crippen LogP contribution in [-0.4, -0.2) is 5.11 Å². The Morgan fingerprint density at radius 3 is 2.05 bits per heavy atom. The van der Waals surface area contributed by atoms with Crippen molar-refractivity contribution in [2.45, 2.75) is 18.5 Å². The van der Waals surface area contributed by atoms with Crippen LogP contribution in [0.25, 0.3) is 0 Å². The molecule has 0 amide bonds. The van der Waals surface area contributed by atoms with Crippen molar-refractivity contribution in [1.29, 1.82) is 0 Å². The van der Waals surface area contributed by atoms with Crippen molar-refractivity contribution < 1.29 is 8.78 Å². The highest BCUT2D eigenvalue weighted by Crippen LogP contribution is 2.38. The third-order valence-electron chi connectivity index (χ3n) is 3.87. The molecule has 2 atom stereocenters. The third kappa shape index (κ3) is 2.49. The summed E-state index contributed by atoms with van der Waals surface area (Å²) in [7, 11) is 0. The number of thiocarbonyl (C=S) groups is 1. The van der Waals surface area contributed by atoms with Gasteiger partial charge in [-0.15, -0.1) is 0 Å². The molecule has 0 saturated carbocycles. The predicted molar refractivity (Wildman–Crippen MR) is 81.8 cm³/mol. The minimum Gasteiger partial charge on any atom is -0.353 e. The smallest absolute Gasteiger partial charge is 0.167 e. The maximum atomic E-state index is 13.1. The highest BCUT2D eigenvalue weighted by molar-refractivity contribution is 7.80. The summed E-state index contributed by atoms with van der Waals surface area (Å²) < 4.78 is 26.2. The molecule has 5 heteroatoms. The van der Waals surface area contributed by atoms with E-state index in [0.29, 0.717) is 5.11 Å². The molecule has 0 spiro atoms. The van der Waals surface area contributed by atoms with Gasteiger partial charge in [0, 0.05) is 0 Å². The van der Waals surface area contributed by atoms with E-state index >= 15 is 0 Å². The second-order valence-electron chi connectivity index (χ2n) is 5.29. The molecule has 2 nitrogen and oxygen atoms in total. The first-order chi connectivity index (χ1) is 9.99. The SMILES string of the molecule is C[C@@]1(c2ccc(F)cc2)NC(=S)N[C@@H]1c1ccc(F)cc1. The van der Waals surface area contributed by atoms with Gasteiger partial charge in [-0.3, -0.25) is 0 Å². The van der Waals surface area contributed by atoms with Crippen LogP contribution < -0.4 is 10.6 Å². The largest absolute Gasteiger partial charge is 0.353 e. The average molecular weight is 304 g/mol. The molecule has 2 aromatic rings. The molecule has 21 heavy (non-hydrogen) atoms. The maximum absolute atomic E-state index is 13.1. The number of hydrogen-bond donors (Lipinski definition) is 2. The zero-order valence-electron chi connectivity index (χ0n) is 11.4. The van der Waals surface area contributed by atoms with E-state index in [-0.39, 0.29) is 17.7 Å². The number of nitrogens with one attached hydrogen (secondary N) is 2. The molecular weight excluding hydrogens is 290 g/mol. The zero-order chi connectivity index (χ0) is 15.0. The fourth-order valence-electron chi connectivity index (χ4n) is 2.73. The summed E-state index contributed by atoms with van der Waals surface area (Å²) in [6.07, 6.45) is 0. The van der Waals surface area contributed by atoms with E-state index in [0.717, 1.165) is 11.1 Å². The first-order valence-electron chi connectivity index (χ1n) is 6.59. The number of halogens is 2. The maximum Gasteiger partial charge on any atom is 0.167 e. The Bertz CT molecular complexity index is 670. The fourth-order valence-corrected chi connectivity index (χ4v) is 3.06. The molecule has 1 aliphatic heterocycles. The fraction of sp³-hybridized carbons (Fsp3) is 0.188. The van der Waals surface area contributed by atoms with Gasteiger partial charge in [-0.25, -0.2) is 8.78 Å². The summed E-state index contributed by atoms with van der Waals surface area (Å²) >= 11 is 5.23. The van der Waals surface area contributed by atoms with Gasteiger partial charge < -0.3 is 10.6 Å². The van der Waals surface area contributed by atoms with Gasteiger partial charge in [-0.2, -0.15) is 0 Å². The first kappa shape index (κ1) is 13.9. The normalized spacial score (nSPS) is 24.5. The van der Waals surface area contributed by atoms with E-state index in [1.807, 2.05) is 6.92 Å². The Morgan fingerprint density at radius 2 is 1.48 bits per heavy atom. The third-order valence-corrected chi connectivity index (χ3v) is 4.09. The van der Waals surface area contributed by atoms with E-state index in [2.05, 4.69) is 10.6 Å². The van der Waals surface area contributed by atoms with Gasteiger partial charge in [0.15, 0.2) is 5.11 Å². The highest BCUT2D eigenvalue weighted by Gasteiger charge is 2.43. The van der Waals surface area contributed by atoms with Crippen molar-refractivity contribution in [3.8, 4) is 0 Å². The Hall–Kier alpha value is -2.01. The Morgan fingerprint density at radius 1 is 0.952 bits per heavy atom. The molecule has 0 aromatic heterocycles. The van der Waals surface area contributed by atoms with Crippen LogP contribution in [0.1, 0.15) is 24.1 Å². The molecule has 0 bridgehead atoms. The minimum atomic E-state index is -0.525. The zero-order valence-corrected chi connectivity index (χ0v) is 12.2. The lowest BCUT2D eigenvalue weighted by Gasteiger charge is -2.31. The summed E-state index contributed by atoms with van der Waals surface area (Å²) in [4.78, 5) is 0. The topological polar surface area (TPSA) is 24.1 Å². The molecule has 1 heterocycles. The number of rotatable bonds is 2. The number of benzene rings is 2. The molecule has 2 aromatic carbocycles. The van der Waals surface area contributed by atoms with Crippen LogP contribution >= 0.6 is 12.2 Å². The van der Waals surface area contributed by atoms with E-state index < -0.39 is 5.54 Å². The van der Waals surface area contributed by atoms with Crippen LogP contribution in [-0.2, 0) is 5.54 Å². The molecule has 2 N–H and O–H groups in total. The highest BCUT2D eigenvalue weighted by atomic mass is 32.1. The second-order valence-corrected chi connectivity index (χ2v) is 5.70.